The minimum Gasteiger partial charge on any atom is -0.462 e. The van der Waals surface area contributed by atoms with Crippen molar-refractivity contribution in [3.63, 3.8) is 0 Å². The lowest BCUT2D eigenvalue weighted by atomic mass is 10.0. The maximum Gasteiger partial charge on any atom is 0.338 e. The fourth-order valence-corrected chi connectivity index (χ4v) is 5.93. The molecule has 7 nitrogen and oxygen atoms in total. The molecule has 2 heterocycles. The summed E-state index contributed by atoms with van der Waals surface area (Å²) in [6.45, 7) is 7.22. The number of fused-ring (bicyclic) bond motifs is 3. The fraction of sp³-hybridized carbons (Fsp3) is 0.548. The summed E-state index contributed by atoms with van der Waals surface area (Å²) < 4.78 is 11.0. The highest BCUT2D eigenvalue weighted by atomic mass is 16.5. The van der Waals surface area contributed by atoms with Gasteiger partial charge >= 0.3 is 11.9 Å². The van der Waals surface area contributed by atoms with Crippen LogP contribution in [0.15, 0.2) is 36.4 Å². The Balaban J connectivity index is 1.13. The molecular weight excluding hydrogens is 480 g/mol. The average molecular weight is 521 g/mol. The van der Waals surface area contributed by atoms with Crippen LogP contribution in [0.3, 0.4) is 0 Å². The van der Waals surface area contributed by atoms with Gasteiger partial charge in [-0.15, -0.1) is 0 Å². The molecule has 0 unspecified atom stereocenters. The van der Waals surface area contributed by atoms with E-state index in [0.29, 0.717) is 35.5 Å². The van der Waals surface area contributed by atoms with Gasteiger partial charge in [0.25, 0.3) is 0 Å². The van der Waals surface area contributed by atoms with Gasteiger partial charge in [-0.3, -0.25) is 0 Å². The summed E-state index contributed by atoms with van der Waals surface area (Å²) in [5.74, 6) is -0.744. The SMILES string of the molecule is O=C(OCCCN1CCCCC1)c1ccc2c(c1)C(O)c1cc(C(=O)OCCCN3CCCCC3)ccc1-2. The van der Waals surface area contributed by atoms with Crippen LogP contribution in [0, 0.1) is 0 Å². The van der Waals surface area contributed by atoms with Gasteiger partial charge in [0, 0.05) is 13.1 Å². The normalized spacial score (nSPS) is 18.1. The van der Waals surface area contributed by atoms with Crippen molar-refractivity contribution >= 4 is 11.9 Å². The Kier molecular flexibility index (Phi) is 9.10. The molecule has 2 aromatic carbocycles. The number of aliphatic hydroxyl groups excluding tert-OH is 1. The monoisotopic (exact) mass is 520 g/mol. The molecule has 0 bridgehead atoms. The number of carbonyl (C=O) groups excluding carboxylic acids is 2. The predicted octanol–water partition coefficient (Wildman–Crippen LogP) is 4.81. The van der Waals surface area contributed by atoms with Crippen LogP contribution in [0.5, 0.6) is 0 Å². The lowest BCUT2D eigenvalue weighted by Crippen LogP contribution is -2.31. The van der Waals surface area contributed by atoms with Gasteiger partial charge < -0.3 is 24.4 Å². The number of ether oxygens (including phenoxy) is 2. The molecule has 1 N–H and O–H groups in total. The Morgan fingerprint density at radius 2 is 1.11 bits per heavy atom. The van der Waals surface area contributed by atoms with Crippen molar-refractivity contribution < 1.29 is 24.2 Å². The third kappa shape index (κ3) is 6.45. The molecule has 2 aromatic rings. The van der Waals surface area contributed by atoms with Crippen molar-refractivity contribution in [2.45, 2.75) is 57.5 Å². The van der Waals surface area contributed by atoms with Gasteiger partial charge in [-0.1, -0.05) is 25.0 Å². The third-order valence-corrected chi connectivity index (χ3v) is 8.05. The number of hydrogen-bond donors (Lipinski definition) is 1. The van der Waals surface area contributed by atoms with Crippen LogP contribution >= 0.6 is 0 Å². The van der Waals surface area contributed by atoms with E-state index in [9.17, 15) is 14.7 Å². The second-order valence-corrected chi connectivity index (χ2v) is 10.8. The molecule has 1 aliphatic carbocycles. The topological polar surface area (TPSA) is 79.3 Å². The van der Waals surface area contributed by atoms with Crippen molar-refractivity contribution in [3.05, 3.63) is 58.7 Å². The molecule has 0 aromatic heterocycles. The zero-order chi connectivity index (χ0) is 26.3. The van der Waals surface area contributed by atoms with E-state index in [1.165, 1.54) is 38.5 Å². The summed E-state index contributed by atoms with van der Waals surface area (Å²) >= 11 is 0. The van der Waals surface area contributed by atoms with Crippen molar-refractivity contribution in [1.29, 1.82) is 0 Å². The largest absolute Gasteiger partial charge is 0.462 e. The molecular formula is C31H40N2O5. The molecule has 2 aliphatic heterocycles. The van der Waals surface area contributed by atoms with E-state index >= 15 is 0 Å². The quantitative estimate of drug-likeness (QED) is 0.356. The summed E-state index contributed by atoms with van der Waals surface area (Å²) in [7, 11) is 0. The summed E-state index contributed by atoms with van der Waals surface area (Å²) in [6, 6.07) is 10.6. The van der Waals surface area contributed by atoms with Crippen LogP contribution in [0.4, 0.5) is 0 Å². The van der Waals surface area contributed by atoms with Gasteiger partial charge in [-0.25, -0.2) is 9.59 Å². The van der Waals surface area contributed by atoms with Gasteiger partial charge in [0.1, 0.15) is 6.10 Å². The van der Waals surface area contributed by atoms with Crippen molar-refractivity contribution in [1.82, 2.24) is 9.80 Å². The molecule has 2 fully saturated rings. The van der Waals surface area contributed by atoms with Crippen LogP contribution in [0.1, 0.15) is 89.3 Å². The summed E-state index contributed by atoms with van der Waals surface area (Å²) in [6.07, 6.45) is 8.36. The Labute approximate surface area is 225 Å². The first-order valence-electron chi connectivity index (χ1n) is 14.4. The van der Waals surface area contributed by atoms with E-state index in [1.807, 2.05) is 12.1 Å². The lowest BCUT2D eigenvalue weighted by molar-refractivity contribution is 0.0476. The van der Waals surface area contributed by atoms with Gasteiger partial charge in [-0.05, 0) is 111 Å². The second-order valence-electron chi connectivity index (χ2n) is 10.8. The molecule has 5 rings (SSSR count). The van der Waals surface area contributed by atoms with Gasteiger partial charge in [0.2, 0.25) is 0 Å². The number of aliphatic hydroxyl groups is 1. The first-order chi connectivity index (χ1) is 18.6. The summed E-state index contributed by atoms with van der Waals surface area (Å²) in [5.41, 5.74) is 3.93. The van der Waals surface area contributed by atoms with E-state index in [-0.39, 0.29) is 11.9 Å². The highest BCUT2D eigenvalue weighted by molar-refractivity contribution is 5.94. The van der Waals surface area contributed by atoms with Crippen molar-refractivity contribution in [2.75, 3.05) is 52.5 Å². The highest BCUT2D eigenvalue weighted by Crippen LogP contribution is 2.44. The molecule has 3 aliphatic rings. The maximum absolute atomic E-state index is 12.7. The number of likely N-dealkylation sites (tertiary alicyclic amines) is 2. The maximum atomic E-state index is 12.7. The lowest BCUT2D eigenvalue weighted by Gasteiger charge is -2.26. The zero-order valence-corrected chi connectivity index (χ0v) is 22.3. The molecule has 7 heteroatoms. The van der Waals surface area contributed by atoms with E-state index < -0.39 is 6.10 Å². The molecule has 0 spiro atoms. The standard InChI is InChI=1S/C31H40N2O5/c34-29-27-21-23(30(35)37-19-7-17-32-13-3-1-4-14-32)9-11-25(27)26-12-10-24(22-28(26)29)31(36)38-20-8-18-33-15-5-2-6-16-33/h9-12,21-22,29,34H,1-8,13-20H2. The van der Waals surface area contributed by atoms with E-state index in [1.54, 1.807) is 24.3 Å². The molecule has 2 saturated heterocycles. The Hall–Kier alpha value is -2.74. The Morgan fingerprint density at radius 3 is 1.53 bits per heavy atom. The van der Waals surface area contributed by atoms with Gasteiger partial charge in [-0.2, -0.15) is 0 Å². The number of benzene rings is 2. The first kappa shape index (κ1) is 26.9. The zero-order valence-electron chi connectivity index (χ0n) is 22.3. The smallest absolute Gasteiger partial charge is 0.338 e. The number of nitrogens with zero attached hydrogens (tertiary/aromatic N) is 2. The van der Waals surface area contributed by atoms with Crippen molar-refractivity contribution in [2.24, 2.45) is 0 Å². The van der Waals surface area contributed by atoms with Crippen LogP contribution in [-0.2, 0) is 9.47 Å². The molecule has 0 atom stereocenters. The van der Waals surface area contributed by atoms with E-state index in [2.05, 4.69) is 9.80 Å². The average Bonchev–Trinajstić information content (AvgIpc) is 3.25. The van der Waals surface area contributed by atoms with Gasteiger partial charge in [0.15, 0.2) is 0 Å². The fourth-order valence-electron chi connectivity index (χ4n) is 5.93. The van der Waals surface area contributed by atoms with Crippen molar-refractivity contribution in [3.8, 4) is 11.1 Å². The molecule has 0 radical (unpaired) electrons. The minimum absolute atomic E-state index is 0.372. The highest BCUT2D eigenvalue weighted by Gasteiger charge is 2.29. The number of esters is 2. The van der Waals surface area contributed by atoms with E-state index in [4.69, 9.17) is 9.47 Å². The Bertz CT molecular complexity index is 1030. The van der Waals surface area contributed by atoms with Crippen LogP contribution in [0.25, 0.3) is 11.1 Å². The van der Waals surface area contributed by atoms with Gasteiger partial charge in [0.05, 0.1) is 24.3 Å². The van der Waals surface area contributed by atoms with Crippen LogP contribution in [-0.4, -0.2) is 79.3 Å². The molecule has 38 heavy (non-hydrogen) atoms. The molecule has 0 amide bonds. The number of hydrogen-bond acceptors (Lipinski definition) is 7. The second kappa shape index (κ2) is 12.9. The van der Waals surface area contributed by atoms with Crippen LogP contribution < -0.4 is 0 Å². The van der Waals surface area contributed by atoms with Crippen LogP contribution in [0.2, 0.25) is 0 Å². The molecule has 204 valence electrons. The minimum atomic E-state index is -0.904. The molecule has 0 saturated carbocycles. The Morgan fingerprint density at radius 1 is 0.684 bits per heavy atom. The summed E-state index contributed by atoms with van der Waals surface area (Å²) in [5, 5.41) is 11.0. The first-order valence-corrected chi connectivity index (χ1v) is 14.4. The predicted molar refractivity (Wildman–Crippen MR) is 146 cm³/mol. The number of piperidine rings is 2. The summed E-state index contributed by atoms with van der Waals surface area (Å²) in [4.78, 5) is 30.2. The van der Waals surface area contributed by atoms with E-state index in [0.717, 1.165) is 63.2 Å². The number of carbonyl (C=O) groups is 2. The third-order valence-electron chi connectivity index (χ3n) is 8.05. The number of rotatable bonds is 10.